The van der Waals surface area contributed by atoms with E-state index in [1.807, 2.05) is 45.0 Å². The van der Waals surface area contributed by atoms with E-state index in [4.69, 9.17) is 9.47 Å². The van der Waals surface area contributed by atoms with Crippen molar-refractivity contribution in [2.45, 2.75) is 32.5 Å². The van der Waals surface area contributed by atoms with E-state index in [1.54, 1.807) is 0 Å². The average Bonchev–Trinajstić information content (AvgIpc) is 2.06. The summed E-state index contributed by atoms with van der Waals surface area (Å²) in [7, 11) is 0. The van der Waals surface area contributed by atoms with Crippen LogP contribution in [0.4, 0.5) is 0 Å². The number of rotatable bonds is 0. The van der Waals surface area contributed by atoms with Crippen molar-refractivity contribution in [2.24, 2.45) is 0 Å². The van der Waals surface area contributed by atoms with Gasteiger partial charge in [-0.2, -0.15) is 0 Å². The second-order valence-corrected chi connectivity index (χ2v) is 3.91. The second kappa shape index (κ2) is 2.66. The van der Waals surface area contributed by atoms with E-state index in [2.05, 4.69) is 0 Å². The molecule has 0 saturated heterocycles. The van der Waals surface area contributed by atoms with E-state index in [9.17, 15) is 0 Å². The summed E-state index contributed by atoms with van der Waals surface area (Å²) in [4.78, 5) is 0. The molecule has 0 amide bonds. The van der Waals surface area contributed by atoms with Crippen LogP contribution in [-0.2, 0) is 0 Å². The maximum atomic E-state index is 5.81. The lowest BCUT2D eigenvalue weighted by atomic mass is 10.0. The monoisotopic (exact) mass is 178 g/mol. The first-order valence-corrected chi connectivity index (χ1v) is 4.54. The number of hydrogen-bond acceptors (Lipinski definition) is 2. The lowest BCUT2D eigenvalue weighted by Gasteiger charge is -2.37. The standard InChI is InChI=1S/C11H14O2/c1-8-11(2,3)13-10-7-5-4-6-9(10)12-8/h4-8H,1-3H3. The molecule has 0 N–H and O–H groups in total. The van der Waals surface area contributed by atoms with Gasteiger partial charge in [0.1, 0.15) is 11.7 Å². The molecule has 1 aromatic rings. The van der Waals surface area contributed by atoms with Crippen molar-refractivity contribution in [3.8, 4) is 11.5 Å². The molecule has 2 heteroatoms. The fourth-order valence-electron chi connectivity index (χ4n) is 1.33. The third-order valence-electron chi connectivity index (χ3n) is 2.50. The van der Waals surface area contributed by atoms with Gasteiger partial charge in [0, 0.05) is 0 Å². The van der Waals surface area contributed by atoms with Gasteiger partial charge in [-0.05, 0) is 32.9 Å². The van der Waals surface area contributed by atoms with Gasteiger partial charge in [0.05, 0.1) is 0 Å². The highest BCUT2D eigenvalue weighted by molar-refractivity contribution is 5.41. The molecule has 0 fully saturated rings. The molecule has 0 bridgehead atoms. The van der Waals surface area contributed by atoms with Crippen molar-refractivity contribution < 1.29 is 9.47 Å². The Kier molecular flexibility index (Phi) is 1.72. The van der Waals surface area contributed by atoms with E-state index in [1.165, 1.54) is 0 Å². The van der Waals surface area contributed by atoms with Gasteiger partial charge < -0.3 is 9.47 Å². The molecule has 0 aliphatic carbocycles. The Morgan fingerprint density at radius 1 is 1.15 bits per heavy atom. The highest BCUT2D eigenvalue weighted by Gasteiger charge is 2.35. The summed E-state index contributed by atoms with van der Waals surface area (Å²) in [5.41, 5.74) is -0.242. The van der Waals surface area contributed by atoms with E-state index < -0.39 is 0 Å². The van der Waals surface area contributed by atoms with Crippen LogP contribution in [0.2, 0.25) is 0 Å². The lowest BCUT2D eigenvalue weighted by Crippen LogP contribution is -2.46. The lowest BCUT2D eigenvalue weighted by molar-refractivity contribution is -0.0325. The van der Waals surface area contributed by atoms with Gasteiger partial charge in [-0.1, -0.05) is 12.1 Å². The number of para-hydroxylation sites is 2. The highest BCUT2D eigenvalue weighted by Crippen LogP contribution is 2.37. The predicted octanol–water partition coefficient (Wildman–Crippen LogP) is 2.62. The first-order valence-electron chi connectivity index (χ1n) is 4.54. The molecule has 70 valence electrons. The fraction of sp³-hybridized carbons (Fsp3) is 0.455. The molecule has 1 aliphatic heterocycles. The van der Waals surface area contributed by atoms with Gasteiger partial charge in [0.25, 0.3) is 0 Å². The quantitative estimate of drug-likeness (QED) is 0.608. The minimum Gasteiger partial charge on any atom is -0.483 e. The smallest absolute Gasteiger partial charge is 0.162 e. The molecule has 0 spiro atoms. The van der Waals surface area contributed by atoms with Crippen LogP contribution in [0, 0.1) is 0 Å². The SMILES string of the molecule is CC1Oc2ccccc2OC1(C)C. The third-order valence-corrected chi connectivity index (χ3v) is 2.50. The topological polar surface area (TPSA) is 18.5 Å². The number of ether oxygens (including phenoxy) is 2. The van der Waals surface area contributed by atoms with E-state index in [0.29, 0.717) is 0 Å². The molecule has 2 rings (SSSR count). The van der Waals surface area contributed by atoms with Crippen LogP contribution in [0.25, 0.3) is 0 Å². The zero-order chi connectivity index (χ0) is 9.47. The van der Waals surface area contributed by atoms with Gasteiger partial charge in [-0.25, -0.2) is 0 Å². The fourth-order valence-corrected chi connectivity index (χ4v) is 1.33. The first kappa shape index (κ1) is 8.42. The van der Waals surface area contributed by atoms with Crippen molar-refractivity contribution in [3.05, 3.63) is 24.3 Å². The number of hydrogen-bond donors (Lipinski definition) is 0. The molecular formula is C11H14O2. The van der Waals surface area contributed by atoms with E-state index >= 15 is 0 Å². The normalized spacial score (nSPS) is 24.1. The molecule has 13 heavy (non-hydrogen) atoms. The predicted molar refractivity (Wildman–Crippen MR) is 51.2 cm³/mol. The van der Waals surface area contributed by atoms with Gasteiger partial charge in [-0.15, -0.1) is 0 Å². The van der Waals surface area contributed by atoms with Crippen molar-refractivity contribution in [3.63, 3.8) is 0 Å². The Labute approximate surface area is 78.5 Å². The molecule has 1 atom stereocenters. The summed E-state index contributed by atoms with van der Waals surface area (Å²) in [6.45, 7) is 6.09. The summed E-state index contributed by atoms with van der Waals surface area (Å²) in [6, 6.07) is 7.77. The van der Waals surface area contributed by atoms with Crippen LogP contribution < -0.4 is 9.47 Å². The highest BCUT2D eigenvalue weighted by atomic mass is 16.6. The van der Waals surface area contributed by atoms with Crippen LogP contribution in [0.1, 0.15) is 20.8 Å². The van der Waals surface area contributed by atoms with Crippen LogP contribution >= 0.6 is 0 Å². The zero-order valence-corrected chi connectivity index (χ0v) is 8.20. The van der Waals surface area contributed by atoms with Crippen molar-refractivity contribution in [1.82, 2.24) is 0 Å². The van der Waals surface area contributed by atoms with E-state index in [0.717, 1.165) is 11.5 Å². The zero-order valence-electron chi connectivity index (χ0n) is 8.20. The molecule has 1 aliphatic rings. The minimum atomic E-state index is -0.242. The van der Waals surface area contributed by atoms with Gasteiger partial charge >= 0.3 is 0 Å². The molecule has 1 unspecified atom stereocenters. The molecule has 1 heterocycles. The summed E-state index contributed by atoms with van der Waals surface area (Å²) < 4.78 is 11.5. The van der Waals surface area contributed by atoms with Crippen LogP contribution in [0.5, 0.6) is 11.5 Å². The van der Waals surface area contributed by atoms with Crippen LogP contribution in [0.3, 0.4) is 0 Å². The largest absolute Gasteiger partial charge is 0.483 e. The van der Waals surface area contributed by atoms with Gasteiger partial charge in [0.15, 0.2) is 11.5 Å². The third kappa shape index (κ3) is 1.37. The van der Waals surface area contributed by atoms with Gasteiger partial charge in [0.2, 0.25) is 0 Å². The molecular weight excluding hydrogens is 164 g/mol. The Hall–Kier alpha value is -1.18. The van der Waals surface area contributed by atoms with Crippen molar-refractivity contribution in [2.75, 3.05) is 0 Å². The summed E-state index contributed by atoms with van der Waals surface area (Å²) >= 11 is 0. The molecule has 0 radical (unpaired) electrons. The number of benzene rings is 1. The first-order chi connectivity index (χ1) is 6.09. The summed E-state index contributed by atoms with van der Waals surface area (Å²) in [5, 5.41) is 0. The maximum Gasteiger partial charge on any atom is 0.162 e. The summed E-state index contributed by atoms with van der Waals surface area (Å²) in [5.74, 6) is 1.68. The van der Waals surface area contributed by atoms with E-state index in [-0.39, 0.29) is 11.7 Å². The Morgan fingerprint density at radius 2 is 1.77 bits per heavy atom. The van der Waals surface area contributed by atoms with Crippen LogP contribution in [-0.4, -0.2) is 11.7 Å². The Morgan fingerprint density at radius 3 is 2.46 bits per heavy atom. The van der Waals surface area contributed by atoms with Gasteiger partial charge in [-0.3, -0.25) is 0 Å². The molecule has 2 nitrogen and oxygen atoms in total. The summed E-state index contributed by atoms with van der Waals surface area (Å²) in [6.07, 6.45) is 0.0856. The Bertz CT molecular complexity index is 318. The molecule has 1 aromatic carbocycles. The van der Waals surface area contributed by atoms with Crippen LogP contribution in [0.15, 0.2) is 24.3 Å². The second-order valence-electron chi connectivity index (χ2n) is 3.91. The maximum absolute atomic E-state index is 5.81. The Balaban J connectivity index is 2.39. The molecule has 0 saturated carbocycles. The van der Waals surface area contributed by atoms with Crippen molar-refractivity contribution in [1.29, 1.82) is 0 Å². The number of fused-ring (bicyclic) bond motifs is 1. The average molecular weight is 178 g/mol. The minimum absolute atomic E-state index is 0.0856. The van der Waals surface area contributed by atoms with Crippen molar-refractivity contribution >= 4 is 0 Å². The molecule has 0 aromatic heterocycles.